The Bertz CT molecular complexity index is 634. The van der Waals surface area contributed by atoms with E-state index in [1.165, 1.54) is 0 Å². The molecule has 6 heteroatoms. The molecule has 1 aliphatic rings. The highest BCUT2D eigenvalue weighted by molar-refractivity contribution is 6.31. The third kappa shape index (κ3) is 2.64. The number of halogens is 1. The maximum Gasteiger partial charge on any atom is 0.238 e. The van der Waals surface area contributed by atoms with Crippen LogP contribution >= 0.6 is 11.6 Å². The van der Waals surface area contributed by atoms with Crippen LogP contribution in [0.5, 0.6) is 23.1 Å². The number of nitrogens with zero attached hydrogens (tertiary/aromatic N) is 1. The van der Waals surface area contributed by atoms with Crippen molar-refractivity contribution < 1.29 is 14.2 Å². The summed E-state index contributed by atoms with van der Waals surface area (Å²) in [4.78, 5) is 4.22. The van der Waals surface area contributed by atoms with Crippen molar-refractivity contribution in [2.24, 2.45) is 0 Å². The lowest BCUT2D eigenvalue weighted by molar-refractivity contribution is 0.174. The van der Waals surface area contributed by atoms with Gasteiger partial charge in [-0.2, -0.15) is 0 Å². The SMILES string of the molecule is CNCc1cnc(Oc2ccc3c(c2)OCO3)c(Cl)c1. The average molecular weight is 293 g/mol. The van der Waals surface area contributed by atoms with Crippen molar-refractivity contribution in [2.45, 2.75) is 6.54 Å². The molecule has 5 nitrogen and oxygen atoms in total. The van der Waals surface area contributed by atoms with Crippen molar-refractivity contribution in [1.82, 2.24) is 10.3 Å². The molecule has 2 heterocycles. The molecule has 0 spiro atoms. The van der Waals surface area contributed by atoms with Crippen LogP contribution in [0.25, 0.3) is 0 Å². The molecule has 2 aromatic rings. The van der Waals surface area contributed by atoms with Crippen LogP contribution in [-0.4, -0.2) is 18.8 Å². The van der Waals surface area contributed by atoms with E-state index in [0.29, 0.717) is 34.7 Å². The van der Waals surface area contributed by atoms with Gasteiger partial charge in [-0.1, -0.05) is 11.6 Å². The van der Waals surface area contributed by atoms with Crippen molar-refractivity contribution in [1.29, 1.82) is 0 Å². The number of benzene rings is 1. The van der Waals surface area contributed by atoms with Crippen LogP contribution < -0.4 is 19.5 Å². The molecule has 0 aliphatic carbocycles. The first-order valence-corrected chi connectivity index (χ1v) is 6.50. The highest BCUT2D eigenvalue weighted by atomic mass is 35.5. The standard InChI is InChI=1S/C14H13ClN2O3/c1-16-6-9-4-11(15)14(17-7-9)20-10-2-3-12-13(5-10)19-8-18-12/h2-5,7,16H,6,8H2,1H3. The largest absolute Gasteiger partial charge is 0.454 e. The van der Waals surface area contributed by atoms with E-state index < -0.39 is 0 Å². The number of hydrogen-bond donors (Lipinski definition) is 1. The summed E-state index contributed by atoms with van der Waals surface area (Å²) in [6.45, 7) is 0.938. The third-order valence-corrected chi connectivity index (χ3v) is 3.07. The number of nitrogens with one attached hydrogen (secondary N) is 1. The highest BCUT2D eigenvalue weighted by Gasteiger charge is 2.15. The van der Waals surface area contributed by atoms with Crippen molar-refractivity contribution in [3.8, 4) is 23.1 Å². The summed E-state index contributed by atoms with van der Waals surface area (Å²) in [7, 11) is 1.87. The van der Waals surface area contributed by atoms with Gasteiger partial charge in [-0.25, -0.2) is 4.98 Å². The summed E-state index contributed by atoms with van der Waals surface area (Å²) >= 11 is 6.16. The Morgan fingerprint density at radius 3 is 2.95 bits per heavy atom. The second-order valence-corrected chi connectivity index (χ2v) is 4.69. The summed E-state index contributed by atoms with van der Waals surface area (Å²) in [5, 5.41) is 3.51. The Labute approximate surface area is 121 Å². The van der Waals surface area contributed by atoms with Gasteiger partial charge in [-0.15, -0.1) is 0 Å². The van der Waals surface area contributed by atoms with E-state index in [0.717, 1.165) is 5.56 Å². The van der Waals surface area contributed by atoms with Crippen molar-refractivity contribution in [2.75, 3.05) is 13.8 Å². The van der Waals surface area contributed by atoms with Crippen LogP contribution in [0.2, 0.25) is 5.02 Å². The van der Waals surface area contributed by atoms with Crippen LogP contribution in [0.4, 0.5) is 0 Å². The summed E-state index contributed by atoms with van der Waals surface area (Å²) in [6, 6.07) is 7.16. The van der Waals surface area contributed by atoms with E-state index in [9.17, 15) is 0 Å². The summed E-state index contributed by atoms with van der Waals surface area (Å²) in [6.07, 6.45) is 1.73. The van der Waals surface area contributed by atoms with Crippen LogP contribution in [0.15, 0.2) is 30.5 Å². The topological polar surface area (TPSA) is 52.6 Å². The molecule has 1 N–H and O–H groups in total. The maximum absolute atomic E-state index is 6.16. The first kappa shape index (κ1) is 13.0. The lowest BCUT2D eigenvalue weighted by atomic mass is 10.3. The molecule has 3 rings (SSSR count). The summed E-state index contributed by atoms with van der Waals surface area (Å²) in [5.41, 5.74) is 0.996. The smallest absolute Gasteiger partial charge is 0.238 e. The van der Waals surface area contributed by atoms with E-state index in [1.807, 2.05) is 13.1 Å². The van der Waals surface area contributed by atoms with Crippen LogP contribution in [-0.2, 0) is 6.54 Å². The van der Waals surface area contributed by atoms with E-state index in [-0.39, 0.29) is 6.79 Å². The molecule has 0 bridgehead atoms. The fraction of sp³-hybridized carbons (Fsp3) is 0.214. The van der Waals surface area contributed by atoms with Gasteiger partial charge in [-0.3, -0.25) is 0 Å². The molecule has 1 aliphatic heterocycles. The second kappa shape index (κ2) is 5.56. The zero-order chi connectivity index (χ0) is 13.9. The van der Waals surface area contributed by atoms with E-state index in [1.54, 1.807) is 24.4 Å². The number of rotatable bonds is 4. The van der Waals surface area contributed by atoms with Gasteiger partial charge in [0, 0.05) is 18.8 Å². The summed E-state index contributed by atoms with van der Waals surface area (Å²) in [5.74, 6) is 2.33. The fourth-order valence-electron chi connectivity index (χ4n) is 1.89. The molecule has 0 radical (unpaired) electrons. The molecule has 0 saturated carbocycles. The van der Waals surface area contributed by atoms with Gasteiger partial charge in [0.15, 0.2) is 11.5 Å². The fourth-order valence-corrected chi connectivity index (χ4v) is 2.12. The first-order valence-electron chi connectivity index (χ1n) is 6.13. The second-order valence-electron chi connectivity index (χ2n) is 4.28. The van der Waals surface area contributed by atoms with Gasteiger partial charge in [0.05, 0.1) is 0 Å². The average Bonchev–Trinajstić information content (AvgIpc) is 2.90. The molecule has 0 unspecified atom stereocenters. The van der Waals surface area contributed by atoms with Crippen molar-refractivity contribution in [3.05, 3.63) is 41.0 Å². The number of fused-ring (bicyclic) bond motifs is 1. The molecule has 20 heavy (non-hydrogen) atoms. The first-order chi connectivity index (χ1) is 9.76. The molecular formula is C14H13ClN2O3. The molecule has 0 atom stereocenters. The Balaban J connectivity index is 1.80. The van der Waals surface area contributed by atoms with Gasteiger partial charge in [0.1, 0.15) is 10.8 Å². The lowest BCUT2D eigenvalue weighted by Gasteiger charge is -2.08. The van der Waals surface area contributed by atoms with Crippen LogP contribution in [0, 0.1) is 0 Å². The number of pyridine rings is 1. The molecule has 0 amide bonds. The minimum Gasteiger partial charge on any atom is -0.454 e. The van der Waals surface area contributed by atoms with E-state index >= 15 is 0 Å². The van der Waals surface area contributed by atoms with Crippen molar-refractivity contribution in [3.63, 3.8) is 0 Å². The van der Waals surface area contributed by atoms with Crippen LogP contribution in [0.1, 0.15) is 5.56 Å². The predicted octanol–water partition coefficient (Wildman–Crippen LogP) is 2.98. The van der Waals surface area contributed by atoms with Gasteiger partial charge in [0.2, 0.25) is 12.7 Å². The molecule has 1 aromatic carbocycles. The maximum atomic E-state index is 6.16. The normalized spacial score (nSPS) is 12.5. The molecule has 1 aromatic heterocycles. The lowest BCUT2D eigenvalue weighted by Crippen LogP contribution is -2.05. The molecule has 0 saturated heterocycles. The van der Waals surface area contributed by atoms with Crippen LogP contribution in [0.3, 0.4) is 0 Å². The van der Waals surface area contributed by atoms with Crippen molar-refractivity contribution >= 4 is 11.6 Å². The summed E-state index contributed by atoms with van der Waals surface area (Å²) < 4.78 is 16.2. The number of hydrogen-bond acceptors (Lipinski definition) is 5. The number of aromatic nitrogens is 1. The Morgan fingerprint density at radius 2 is 2.15 bits per heavy atom. The van der Waals surface area contributed by atoms with Gasteiger partial charge in [-0.05, 0) is 30.8 Å². The zero-order valence-electron chi connectivity index (χ0n) is 10.9. The van der Waals surface area contributed by atoms with E-state index in [2.05, 4.69) is 10.3 Å². The number of ether oxygens (including phenoxy) is 3. The Morgan fingerprint density at radius 1 is 1.30 bits per heavy atom. The Kier molecular flexibility index (Phi) is 3.62. The zero-order valence-corrected chi connectivity index (χ0v) is 11.6. The predicted molar refractivity (Wildman–Crippen MR) is 74.6 cm³/mol. The third-order valence-electron chi connectivity index (χ3n) is 2.80. The Hall–Kier alpha value is -1.98. The van der Waals surface area contributed by atoms with Gasteiger partial charge >= 0.3 is 0 Å². The molecular weight excluding hydrogens is 280 g/mol. The quantitative estimate of drug-likeness (QED) is 0.939. The molecule has 0 fully saturated rings. The monoisotopic (exact) mass is 292 g/mol. The highest BCUT2D eigenvalue weighted by Crippen LogP contribution is 2.37. The van der Waals surface area contributed by atoms with Gasteiger partial charge in [0.25, 0.3) is 0 Å². The minimum absolute atomic E-state index is 0.233. The van der Waals surface area contributed by atoms with Gasteiger partial charge < -0.3 is 19.5 Å². The molecule has 104 valence electrons. The van der Waals surface area contributed by atoms with E-state index in [4.69, 9.17) is 25.8 Å². The minimum atomic E-state index is 0.233.